The number of aryl methyl sites for hydroxylation is 1. The summed E-state index contributed by atoms with van der Waals surface area (Å²) in [6.07, 6.45) is 1.74. The van der Waals surface area contributed by atoms with Crippen LogP contribution >= 0.6 is 36.2 Å². The zero-order valence-electron chi connectivity index (χ0n) is 16.0. The number of halogens is 2. The fraction of sp³-hybridized carbons (Fsp3) is 0.286. The maximum Gasteiger partial charge on any atom is 0.265 e. The fourth-order valence-electron chi connectivity index (χ4n) is 3.69. The molecule has 5 nitrogen and oxygen atoms in total. The number of hydrogen-bond acceptors (Lipinski definition) is 5. The monoisotopic (exact) mass is 450 g/mol. The average Bonchev–Trinajstić information content (AvgIpc) is 3.33. The van der Waals surface area contributed by atoms with Crippen LogP contribution in [0.1, 0.15) is 26.8 Å². The minimum absolute atomic E-state index is 0. The van der Waals surface area contributed by atoms with Crippen LogP contribution < -0.4 is 5.73 Å². The number of carbonyl (C=O) groups is 1. The molecule has 2 aromatic heterocycles. The van der Waals surface area contributed by atoms with E-state index in [4.69, 9.17) is 5.73 Å². The van der Waals surface area contributed by atoms with Gasteiger partial charge in [0.15, 0.2) is 0 Å². The molecule has 0 unspecified atom stereocenters. The van der Waals surface area contributed by atoms with Crippen molar-refractivity contribution in [1.29, 1.82) is 0 Å². The summed E-state index contributed by atoms with van der Waals surface area (Å²) in [5.74, 6) is 0.604. The Labute approximate surface area is 187 Å². The van der Waals surface area contributed by atoms with E-state index in [2.05, 4.69) is 22.1 Å². The van der Waals surface area contributed by atoms with E-state index in [9.17, 15) is 4.79 Å². The highest BCUT2D eigenvalue weighted by molar-refractivity contribution is 7.17. The average molecular weight is 451 g/mol. The molecule has 3 heterocycles. The Balaban J connectivity index is 0.00000150. The number of benzene rings is 1. The number of nitrogens with zero attached hydrogens (tertiary/aromatic N) is 3. The van der Waals surface area contributed by atoms with E-state index in [-0.39, 0.29) is 42.6 Å². The third kappa shape index (κ3) is 4.78. The van der Waals surface area contributed by atoms with Gasteiger partial charge >= 0.3 is 0 Å². The van der Waals surface area contributed by atoms with Crippen LogP contribution in [-0.2, 0) is 0 Å². The molecule has 0 aliphatic carbocycles. The Hall–Kier alpha value is -1.99. The minimum atomic E-state index is 0. The van der Waals surface area contributed by atoms with Crippen molar-refractivity contribution >= 4 is 42.1 Å². The van der Waals surface area contributed by atoms with Gasteiger partial charge in [-0.15, -0.1) is 36.2 Å². The summed E-state index contributed by atoms with van der Waals surface area (Å²) in [4.78, 5) is 24.7. The molecule has 1 aliphatic heterocycles. The van der Waals surface area contributed by atoms with Crippen molar-refractivity contribution in [3.8, 4) is 10.7 Å². The first kappa shape index (κ1) is 23.3. The lowest BCUT2D eigenvalue weighted by Gasteiger charge is -2.16. The maximum atomic E-state index is 13.2. The van der Waals surface area contributed by atoms with Gasteiger partial charge in [-0.3, -0.25) is 9.78 Å². The Bertz CT molecular complexity index is 936. The molecule has 3 aromatic rings. The molecule has 1 amide bonds. The van der Waals surface area contributed by atoms with E-state index in [0.29, 0.717) is 24.5 Å². The summed E-state index contributed by atoms with van der Waals surface area (Å²) in [5, 5.41) is 0.783. The molecule has 1 aliphatic rings. The number of hydrogen-bond donors (Lipinski definition) is 1. The van der Waals surface area contributed by atoms with Crippen LogP contribution in [0.3, 0.4) is 0 Å². The smallest absolute Gasteiger partial charge is 0.265 e. The molecule has 1 fully saturated rings. The molecule has 2 atom stereocenters. The molecule has 1 aromatic carbocycles. The number of carbonyl (C=O) groups excluding carboxylic acids is 1. The van der Waals surface area contributed by atoms with Gasteiger partial charge in [-0.25, -0.2) is 4.98 Å². The number of amides is 1. The lowest BCUT2D eigenvalue weighted by atomic mass is 9.89. The largest absolute Gasteiger partial charge is 0.337 e. The molecule has 0 saturated carbocycles. The molecule has 154 valence electrons. The Morgan fingerprint density at radius 3 is 2.52 bits per heavy atom. The second-order valence-corrected chi connectivity index (χ2v) is 7.87. The van der Waals surface area contributed by atoms with Gasteiger partial charge in [-0.2, -0.15) is 0 Å². The maximum absolute atomic E-state index is 13.2. The van der Waals surface area contributed by atoms with Crippen molar-refractivity contribution in [3.63, 3.8) is 0 Å². The Morgan fingerprint density at radius 1 is 1.14 bits per heavy atom. The van der Waals surface area contributed by atoms with Gasteiger partial charge in [0.05, 0.1) is 11.4 Å². The first-order valence-electron chi connectivity index (χ1n) is 9.10. The SMILES string of the molecule is Cc1nc(-c2ccccn2)sc1C(=O)N1C[C@@H](CN)[C@H](c2ccccc2)C1.Cl.Cl. The fourth-order valence-corrected chi connectivity index (χ4v) is 4.70. The topological polar surface area (TPSA) is 72.1 Å². The third-order valence-electron chi connectivity index (χ3n) is 5.13. The molecule has 4 rings (SSSR count). The molecule has 29 heavy (non-hydrogen) atoms. The lowest BCUT2D eigenvalue weighted by Crippen LogP contribution is -2.29. The Kier molecular flexibility index (Phi) is 8.16. The second kappa shape index (κ2) is 10.2. The Morgan fingerprint density at radius 2 is 1.86 bits per heavy atom. The van der Waals surface area contributed by atoms with Gasteiger partial charge in [0, 0.05) is 25.2 Å². The van der Waals surface area contributed by atoms with Crippen LogP contribution in [0.15, 0.2) is 54.7 Å². The third-order valence-corrected chi connectivity index (χ3v) is 6.30. The standard InChI is InChI=1S/C21H22N4OS.2ClH/c1-14-19(27-20(24-14)18-9-5-6-10-23-18)21(26)25-12-16(11-22)17(13-25)15-7-3-2-4-8-15;;/h2-10,16-17H,11-13,22H2,1H3;2*1H/t16-,17+;;/m1../s1. The summed E-state index contributed by atoms with van der Waals surface area (Å²) in [6.45, 7) is 3.84. The molecular weight excluding hydrogens is 427 g/mol. The number of likely N-dealkylation sites (tertiary alicyclic amines) is 1. The van der Waals surface area contributed by atoms with E-state index < -0.39 is 0 Å². The van der Waals surface area contributed by atoms with E-state index in [1.165, 1.54) is 16.9 Å². The van der Waals surface area contributed by atoms with Gasteiger partial charge in [-0.1, -0.05) is 36.4 Å². The first-order valence-corrected chi connectivity index (χ1v) is 9.92. The van der Waals surface area contributed by atoms with E-state index in [1.54, 1.807) is 6.20 Å². The van der Waals surface area contributed by atoms with Crippen LogP contribution in [-0.4, -0.2) is 40.4 Å². The second-order valence-electron chi connectivity index (χ2n) is 6.87. The molecule has 1 saturated heterocycles. The van der Waals surface area contributed by atoms with Crippen LogP contribution in [0, 0.1) is 12.8 Å². The summed E-state index contributed by atoms with van der Waals surface area (Å²) in [6, 6.07) is 16.1. The number of nitrogens with two attached hydrogens (primary N) is 1. The zero-order valence-corrected chi connectivity index (χ0v) is 18.5. The van der Waals surface area contributed by atoms with Crippen molar-refractivity contribution in [1.82, 2.24) is 14.9 Å². The van der Waals surface area contributed by atoms with Crippen molar-refractivity contribution in [2.24, 2.45) is 11.7 Å². The lowest BCUT2D eigenvalue weighted by molar-refractivity contribution is 0.0790. The van der Waals surface area contributed by atoms with Crippen LogP contribution in [0.5, 0.6) is 0 Å². The molecule has 8 heteroatoms. The van der Waals surface area contributed by atoms with Gasteiger partial charge in [0.1, 0.15) is 9.88 Å². The van der Waals surface area contributed by atoms with Crippen molar-refractivity contribution in [3.05, 3.63) is 70.9 Å². The van der Waals surface area contributed by atoms with Gasteiger partial charge in [0.25, 0.3) is 5.91 Å². The quantitative estimate of drug-likeness (QED) is 0.646. The van der Waals surface area contributed by atoms with Crippen LogP contribution in [0.2, 0.25) is 0 Å². The van der Waals surface area contributed by atoms with Crippen molar-refractivity contribution in [2.45, 2.75) is 12.8 Å². The number of aromatic nitrogens is 2. The highest BCUT2D eigenvalue weighted by Gasteiger charge is 2.36. The van der Waals surface area contributed by atoms with E-state index in [1.807, 2.05) is 48.2 Å². The highest BCUT2D eigenvalue weighted by Crippen LogP contribution is 2.34. The first-order chi connectivity index (χ1) is 13.2. The van der Waals surface area contributed by atoms with Gasteiger partial charge < -0.3 is 10.6 Å². The molecule has 0 bridgehead atoms. The van der Waals surface area contributed by atoms with Crippen molar-refractivity contribution < 1.29 is 4.79 Å². The molecule has 2 N–H and O–H groups in total. The summed E-state index contributed by atoms with van der Waals surface area (Å²) in [7, 11) is 0. The molecule has 0 radical (unpaired) electrons. The minimum Gasteiger partial charge on any atom is -0.337 e. The predicted octanol–water partition coefficient (Wildman–Crippen LogP) is 4.17. The van der Waals surface area contributed by atoms with E-state index in [0.717, 1.165) is 16.4 Å². The number of thiazole rings is 1. The normalized spacial score (nSPS) is 18.1. The number of pyridine rings is 1. The molecular formula is C21H24Cl2N4OS. The van der Waals surface area contributed by atoms with Crippen LogP contribution in [0.4, 0.5) is 0 Å². The van der Waals surface area contributed by atoms with Crippen molar-refractivity contribution in [2.75, 3.05) is 19.6 Å². The molecule has 0 spiro atoms. The predicted molar refractivity (Wildman–Crippen MR) is 122 cm³/mol. The number of rotatable bonds is 4. The zero-order chi connectivity index (χ0) is 18.8. The van der Waals surface area contributed by atoms with Crippen LogP contribution in [0.25, 0.3) is 10.7 Å². The summed E-state index contributed by atoms with van der Waals surface area (Å²) >= 11 is 1.42. The summed E-state index contributed by atoms with van der Waals surface area (Å²) < 4.78 is 0. The van der Waals surface area contributed by atoms with Gasteiger partial charge in [0.2, 0.25) is 0 Å². The highest BCUT2D eigenvalue weighted by atomic mass is 35.5. The van der Waals surface area contributed by atoms with E-state index >= 15 is 0 Å². The van der Waals surface area contributed by atoms with Gasteiger partial charge in [-0.05, 0) is 37.1 Å². The summed E-state index contributed by atoms with van der Waals surface area (Å²) in [5.41, 5.74) is 8.83.